The van der Waals surface area contributed by atoms with Crippen molar-refractivity contribution < 1.29 is 42.1 Å². The van der Waals surface area contributed by atoms with Crippen LogP contribution in [0.15, 0.2) is 209 Å². The molecule has 1 aliphatic rings. The van der Waals surface area contributed by atoms with Crippen LogP contribution in [0.4, 0.5) is 22.7 Å². The molecule has 0 amide bonds. The molecule has 338 valence electrons. The van der Waals surface area contributed by atoms with Crippen LogP contribution in [0.3, 0.4) is 0 Å². The van der Waals surface area contributed by atoms with Gasteiger partial charge in [-0.05, 0) is 104 Å². The van der Waals surface area contributed by atoms with Crippen molar-refractivity contribution in [3.05, 3.63) is 234 Å². The average molecular weight is 1110 g/mol. The Kier molecular flexibility index (Phi) is 20.3. The monoisotopic (exact) mass is 1110 g/mol. The summed E-state index contributed by atoms with van der Waals surface area (Å²) in [5, 5.41) is 0. The molecule has 13 nitrogen and oxygen atoms in total. The van der Waals surface area contributed by atoms with Crippen LogP contribution < -0.4 is 9.97 Å². The third-order valence-electron chi connectivity index (χ3n) is 10.2. The van der Waals surface area contributed by atoms with Crippen LogP contribution in [0.1, 0.15) is 73.2 Å². The Morgan fingerprint density at radius 1 is 0.358 bits per heavy atom. The molecule has 0 fully saturated rings. The second-order valence-corrected chi connectivity index (χ2v) is 15.5. The first kappa shape index (κ1) is 52.3. The molecular formula is C53H49N11O2U-6. The quantitative estimate of drug-likeness (QED) is 0.152. The molecule has 0 saturated carbocycles. The number of pyridine rings is 3. The maximum absolute atomic E-state index is 4.89. The van der Waals surface area contributed by atoms with Gasteiger partial charge in [0.05, 0.1) is 46.6 Å². The SMILES string of the molecule is CC1(C)c2ccc([n-]2)C=Nc2ccccc2N=Cc2ccc([nH]2)C(C)(C)c2ccc([nH]2)C=Nc2ccccc2N=Cc2ccc1[n-]2.[O-2].[O-2].[U].c1ccncc1.c1ccncc1.c1ccncc1. The molecule has 0 atom stereocenters. The number of benzene rings is 2. The number of para-hydroxylation sites is 4. The minimum absolute atomic E-state index is 0. The molecule has 2 aromatic carbocycles. The van der Waals surface area contributed by atoms with Gasteiger partial charge in [-0.3, -0.25) is 34.9 Å². The maximum Gasteiger partial charge on any atom is 0.0887 e. The predicted octanol–water partition coefficient (Wildman–Crippen LogP) is 11.2. The molecule has 0 radical (unpaired) electrons. The number of rotatable bonds is 0. The standard InChI is InChI=1S/C38H34N8.3C5H5N.2O.U/c1-37(2)33-17-13-25(43-33)21-39-29-9-5-7-11-31(29)41-23-27-15-19-35(45-27)38(3,4)36-20-16-28(46-36)24-42-32-12-8-6-10-30(32)40-22-26-14-18-34(37)44-26;3*1-2-4-6-5-3-1;;;/h5-24,43-44H,1-4H3;3*1-5H;;;/q-2;;;;2*-2;. The molecule has 0 spiro atoms. The first-order valence-electron chi connectivity index (χ1n) is 20.8. The summed E-state index contributed by atoms with van der Waals surface area (Å²) in [6.07, 6.45) is 17.8. The topological polar surface area (TPSA) is 205 Å². The fourth-order valence-electron chi connectivity index (χ4n) is 6.43. The number of nitrogens with zero attached hydrogens (tertiary/aromatic N) is 9. The van der Waals surface area contributed by atoms with Crippen LogP contribution in [0, 0.1) is 31.1 Å². The number of nitrogens with one attached hydrogen (secondary N) is 2. The number of H-pyrrole nitrogens is 2. The summed E-state index contributed by atoms with van der Waals surface area (Å²) in [5.41, 5.74) is 9.68. The van der Waals surface area contributed by atoms with Gasteiger partial charge in [-0.2, -0.15) is 11.4 Å². The van der Waals surface area contributed by atoms with Gasteiger partial charge >= 0.3 is 0 Å². The zero-order chi connectivity index (χ0) is 44.5. The second-order valence-electron chi connectivity index (χ2n) is 15.5. The van der Waals surface area contributed by atoms with Gasteiger partial charge in [-0.1, -0.05) is 80.6 Å². The summed E-state index contributed by atoms with van der Waals surface area (Å²) in [4.78, 5) is 47.3. The minimum atomic E-state index is -0.411. The van der Waals surface area contributed by atoms with E-state index in [0.717, 1.165) is 68.3 Å². The molecule has 10 rings (SSSR count). The number of aliphatic imine (C=N–C) groups is 4. The molecule has 2 N–H and O–H groups in total. The van der Waals surface area contributed by atoms with E-state index in [4.69, 9.17) is 29.9 Å². The molecule has 0 aliphatic carbocycles. The van der Waals surface area contributed by atoms with Crippen LogP contribution in [0.25, 0.3) is 0 Å². The van der Waals surface area contributed by atoms with Crippen LogP contribution in [0.2, 0.25) is 0 Å². The van der Waals surface area contributed by atoms with Crippen LogP contribution >= 0.6 is 0 Å². The Morgan fingerprint density at radius 2 is 0.687 bits per heavy atom. The first-order chi connectivity index (χ1) is 31.3. The summed E-state index contributed by atoms with van der Waals surface area (Å²) >= 11 is 0. The molecule has 14 heteroatoms. The summed E-state index contributed by atoms with van der Waals surface area (Å²) in [6.45, 7) is 8.62. The number of hydrogen-bond donors (Lipinski definition) is 2. The van der Waals surface area contributed by atoms with Crippen molar-refractivity contribution in [2.75, 3.05) is 0 Å². The number of hydrogen-bond acceptors (Lipinski definition) is 7. The Hall–Kier alpha value is -7.34. The molecule has 0 unspecified atom stereocenters. The Balaban J connectivity index is 0.000000388. The second kappa shape index (κ2) is 26.0. The van der Waals surface area contributed by atoms with Crippen LogP contribution in [-0.2, 0) is 21.8 Å². The molecule has 8 bridgehead atoms. The maximum atomic E-state index is 4.89. The first-order valence-corrected chi connectivity index (χ1v) is 20.8. The van der Waals surface area contributed by atoms with Gasteiger partial charge < -0.3 is 30.9 Å². The van der Waals surface area contributed by atoms with Gasteiger partial charge in [-0.15, -0.1) is 11.4 Å². The zero-order valence-corrected chi connectivity index (χ0v) is 41.7. The Labute approximate surface area is 414 Å². The van der Waals surface area contributed by atoms with Crippen molar-refractivity contribution in [1.82, 2.24) is 34.9 Å². The van der Waals surface area contributed by atoms with Crippen molar-refractivity contribution in [3.63, 3.8) is 0 Å². The van der Waals surface area contributed by atoms with Crippen LogP contribution in [0.5, 0.6) is 0 Å². The van der Waals surface area contributed by atoms with Crippen molar-refractivity contribution in [2.24, 2.45) is 20.0 Å². The molecule has 1 aliphatic heterocycles. The largest absolute Gasteiger partial charge is 2.00 e. The molecular weight excluding hydrogens is 1060 g/mol. The summed E-state index contributed by atoms with van der Waals surface area (Å²) < 4.78 is 0. The predicted molar refractivity (Wildman–Crippen MR) is 261 cm³/mol. The van der Waals surface area contributed by atoms with Gasteiger partial charge in [0.1, 0.15) is 0 Å². The van der Waals surface area contributed by atoms with Gasteiger partial charge in [0.2, 0.25) is 0 Å². The van der Waals surface area contributed by atoms with Crippen molar-refractivity contribution in [2.45, 2.75) is 38.5 Å². The van der Waals surface area contributed by atoms with E-state index in [-0.39, 0.29) is 47.5 Å². The summed E-state index contributed by atoms with van der Waals surface area (Å²) in [5.74, 6) is 0. The number of aromatic amines is 2. The van der Waals surface area contributed by atoms with Gasteiger partial charge in [0.25, 0.3) is 0 Å². The van der Waals surface area contributed by atoms with Crippen molar-refractivity contribution >= 4 is 47.6 Å². The fourth-order valence-corrected chi connectivity index (χ4v) is 6.43. The van der Waals surface area contributed by atoms with E-state index in [1.807, 2.05) is 152 Å². The third kappa shape index (κ3) is 14.8. The molecule has 7 aromatic heterocycles. The van der Waals surface area contributed by atoms with E-state index >= 15 is 0 Å². The van der Waals surface area contributed by atoms with E-state index in [2.05, 4.69) is 64.7 Å². The van der Waals surface area contributed by atoms with Crippen molar-refractivity contribution in [3.8, 4) is 0 Å². The third-order valence-corrected chi connectivity index (χ3v) is 10.2. The normalized spacial score (nSPS) is 12.7. The average Bonchev–Trinajstić information content (AvgIpc) is 4.20. The summed E-state index contributed by atoms with van der Waals surface area (Å²) in [6, 6.07) is 49.2. The van der Waals surface area contributed by atoms with E-state index < -0.39 is 5.41 Å². The zero-order valence-electron chi connectivity index (χ0n) is 37.5. The molecule has 0 saturated heterocycles. The van der Waals surface area contributed by atoms with E-state index in [0.29, 0.717) is 0 Å². The van der Waals surface area contributed by atoms with E-state index in [1.54, 1.807) is 49.6 Å². The van der Waals surface area contributed by atoms with E-state index in [1.165, 1.54) is 0 Å². The van der Waals surface area contributed by atoms with Gasteiger partial charge in [0, 0.05) is 97.5 Å². The number of aromatic nitrogens is 7. The molecule has 67 heavy (non-hydrogen) atoms. The van der Waals surface area contributed by atoms with Gasteiger partial charge in [0.15, 0.2) is 0 Å². The molecule has 9 aromatic rings. The smallest absolute Gasteiger partial charge is 0.0887 e. The van der Waals surface area contributed by atoms with Crippen molar-refractivity contribution in [1.29, 1.82) is 0 Å². The van der Waals surface area contributed by atoms with E-state index in [9.17, 15) is 0 Å². The van der Waals surface area contributed by atoms with Crippen LogP contribution in [-0.4, -0.2) is 49.8 Å². The minimum Gasteiger partial charge on any atom is -2.00 e. The summed E-state index contributed by atoms with van der Waals surface area (Å²) in [7, 11) is 0. The molecule has 8 heterocycles. The Bertz CT molecular complexity index is 2460. The Morgan fingerprint density at radius 3 is 0.985 bits per heavy atom. The van der Waals surface area contributed by atoms with Gasteiger partial charge in [-0.25, -0.2) is 0 Å². The fraction of sp³-hybridized carbons (Fsp3) is 0.113. The number of fused-ring (bicyclic) bond motifs is 10.